The summed E-state index contributed by atoms with van der Waals surface area (Å²) < 4.78 is 5.43. The van der Waals surface area contributed by atoms with Gasteiger partial charge in [-0.25, -0.2) is 0 Å². The van der Waals surface area contributed by atoms with Crippen molar-refractivity contribution in [1.82, 2.24) is 15.1 Å². The van der Waals surface area contributed by atoms with E-state index in [-0.39, 0.29) is 17.9 Å². The highest BCUT2D eigenvalue weighted by atomic mass is 16.5. The summed E-state index contributed by atoms with van der Waals surface area (Å²) in [7, 11) is 0. The molecule has 0 aliphatic carbocycles. The van der Waals surface area contributed by atoms with Gasteiger partial charge in [-0.15, -0.1) is 0 Å². The Morgan fingerprint density at radius 1 is 1.10 bits per heavy atom. The molecule has 2 amide bonds. The second-order valence-corrected chi connectivity index (χ2v) is 6.22. The van der Waals surface area contributed by atoms with Crippen LogP contribution < -0.4 is 5.32 Å². The molecule has 0 aromatic heterocycles. The third-order valence-corrected chi connectivity index (χ3v) is 4.84. The van der Waals surface area contributed by atoms with Crippen molar-refractivity contribution in [3.05, 3.63) is 0 Å². The Morgan fingerprint density at radius 3 is 2.62 bits per heavy atom. The molecule has 21 heavy (non-hydrogen) atoms. The Labute approximate surface area is 125 Å². The van der Waals surface area contributed by atoms with E-state index in [9.17, 15) is 9.59 Å². The molecule has 0 radical (unpaired) electrons. The minimum Gasteiger partial charge on any atom is -0.381 e. The van der Waals surface area contributed by atoms with Gasteiger partial charge in [0.15, 0.2) is 0 Å². The van der Waals surface area contributed by atoms with Crippen molar-refractivity contribution >= 4 is 11.8 Å². The molecule has 0 aromatic carbocycles. The molecule has 1 N–H and O–H groups in total. The number of carbonyl (C=O) groups is 2. The van der Waals surface area contributed by atoms with Crippen LogP contribution in [-0.2, 0) is 14.3 Å². The number of nitrogens with one attached hydrogen (secondary N) is 1. The van der Waals surface area contributed by atoms with Crippen molar-refractivity contribution in [2.75, 3.05) is 39.4 Å². The van der Waals surface area contributed by atoms with E-state index in [2.05, 4.69) is 10.2 Å². The number of rotatable bonds is 2. The minimum absolute atomic E-state index is 0.00649. The Bertz CT molecular complexity index is 396. The molecule has 1 atom stereocenters. The number of ether oxygens (including phenoxy) is 1. The van der Waals surface area contributed by atoms with Crippen molar-refractivity contribution in [2.24, 2.45) is 0 Å². The van der Waals surface area contributed by atoms with Gasteiger partial charge < -0.3 is 15.0 Å². The SMILES string of the molecule is O=C1CCC(C(=O)N2CCCN(C3CCOCC3)CC2)N1. The predicted octanol–water partition coefficient (Wildman–Crippen LogP) is -0.0217. The fraction of sp³-hybridized carbons (Fsp3) is 0.867. The van der Waals surface area contributed by atoms with Crippen molar-refractivity contribution in [3.63, 3.8) is 0 Å². The van der Waals surface area contributed by atoms with Gasteiger partial charge >= 0.3 is 0 Å². The molecule has 1 unspecified atom stereocenters. The van der Waals surface area contributed by atoms with Crippen LogP contribution in [0.15, 0.2) is 0 Å². The van der Waals surface area contributed by atoms with Crippen LogP contribution in [-0.4, -0.2) is 73.1 Å². The zero-order valence-electron chi connectivity index (χ0n) is 12.6. The van der Waals surface area contributed by atoms with Crippen LogP contribution in [0.25, 0.3) is 0 Å². The first-order valence-corrected chi connectivity index (χ1v) is 8.14. The number of amides is 2. The van der Waals surface area contributed by atoms with Crippen molar-refractivity contribution in [1.29, 1.82) is 0 Å². The number of hydrogen-bond acceptors (Lipinski definition) is 4. The molecule has 3 rings (SSSR count). The first-order valence-electron chi connectivity index (χ1n) is 8.14. The molecule has 0 saturated carbocycles. The Balaban J connectivity index is 1.52. The highest BCUT2D eigenvalue weighted by Gasteiger charge is 2.32. The van der Waals surface area contributed by atoms with Gasteiger partial charge in [0.2, 0.25) is 11.8 Å². The standard InChI is InChI=1S/C15H25N3O3/c19-14-3-2-13(16-14)15(20)18-7-1-6-17(8-9-18)12-4-10-21-11-5-12/h12-13H,1-11H2,(H,16,19). The van der Waals surface area contributed by atoms with Crippen LogP contribution in [0, 0.1) is 0 Å². The van der Waals surface area contributed by atoms with Crippen molar-refractivity contribution in [2.45, 2.75) is 44.2 Å². The van der Waals surface area contributed by atoms with Crippen molar-refractivity contribution in [3.8, 4) is 0 Å². The van der Waals surface area contributed by atoms with Gasteiger partial charge in [0.1, 0.15) is 6.04 Å². The largest absolute Gasteiger partial charge is 0.381 e. The molecule has 0 bridgehead atoms. The second kappa shape index (κ2) is 6.75. The maximum Gasteiger partial charge on any atom is 0.245 e. The zero-order chi connectivity index (χ0) is 14.7. The highest BCUT2D eigenvalue weighted by Crippen LogP contribution is 2.18. The van der Waals surface area contributed by atoms with Crippen LogP contribution in [0.4, 0.5) is 0 Å². The van der Waals surface area contributed by atoms with Crippen LogP contribution in [0.5, 0.6) is 0 Å². The molecular weight excluding hydrogens is 270 g/mol. The minimum atomic E-state index is -0.285. The summed E-state index contributed by atoms with van der Waals surface area (Å²) in [6.45, 7) is 5.31. The lowest BCUT2D eigenvalue weighted by atomic mass is 10.1. The van der Waals surface area contributed by atoms with Gasteiger partial charge in [-0.05, 0) is 25.7 Å². The van der Waals surface area contributed by atoms with Crippen LogP contribution in [0.3, 0.4) is 0 Å². The predicted molar refractivity (Wildman–Crippen MR) is 77.8 cm³/mol. The molecule has 3 aliphatic rings. The smallest absolute Gasteiger partial charge is 0.245 e. The summed E-state index contributed by atoms with van der Waals surface area (Å²) in [5, 5.41) is 2.79. The first-order chi connectivity index (χ1) is 10.2. The fourth-order valence-corrected chi connectivity index (χ4v) is 3.59. The Hall–Kier alpha value is -1.14. The Kier molecular flexibility index (Phi) is 4.75. The van der Waals surface area contributed by atoms with E-state index >= 15 is 0 Å². The third-order valence-electron chi connectivity index (χ3n) is 4.84. The molecule has 0 spiro atoms. The summed E-state index contributed by atoms with van der Waals surface area (Å²) in [6.07, 6.45) is 4.36. The first kappa shape index (κ1) is 14.8. The van der Waals surface area contributed by atoms with E-state index in [0.717, 1.165) is 58.7 Å². The van der Waals surface area contributed by atoms with Crippen LogP contribution >= 0.6 is 0 Å². The monoisotopic (exact) mass is 295 g/mol. The van der Waals surface area contributed by atoms with Crippen LogP contribution in [0.1, 0.15) is 32.1 Å². The fourth-order valence-electron chi connectivity index (χ4n) is 3.59. The lowest BCUT2D eigenvalue weighted by molar-refractivity contribution is -0.134. The van der Waals surface area contributed by atoms with E-state index in [1.807, 2.05) is 4.90 Å². The number of nitrogens with zero attached hydrogens (tertiary/aromatic N) is 2. The normalized spacial score (nSPS) is 29.2. The third kappa shape index (κ3) is 3.55. The van der Waals surface area contributed by atoms with Crippen LogP contribution in [0.2, 0.25) is 0 Å². The molecule has 3 fully saturated rings. The molecule has 0 aromatic rings. The van der Waals surface area contributed by atoms with Gasteiger partial charge in [0, 0.05) is 51.9 Å². The zero-order valence-corrected chi connectivity index (χ0v) is 12.6. The quantitative estimate of drug-likeness (QED) is 0.778. The van der Waals surface area contributed by atoms with Gasteiger partial charge in [0.05, 0.1) is 0 Å². The summed E-state index contributed by atoms with van der Waals surface area (Å²) >= 11 is 0. The maximum absolute atomic E-state index is 12.5. The van der Waals surface area contributed by atoms with Crippen molar-refractivity contribution < 1.29 is 14.3 Å². The van der Waals surface area contributed by atoms with E-state index in [1.54, 1.807) is 0 Å². The van der Waals surface area contributed by atoms with Gasteiger partial charge in [-0.1, -0.05) is 0 Å². The molecule has 3 aliphatic heterocycles. The Morgan fingerprint density at radius 2 is 1.90 bits per heavy atom. The average Bonchev–Trinajstić information content (AvgIpc) is 2.81. The summed E-state index contributed by atoms with van der Waals surface area (Å²) in [6, 6.07) is 0.326. The van der Waals surface area contributed by atoms with Gasteiger partial charge in [0.25, 0.3) is 0 Å². The molecule has 3 heterocycles. The van der Waals surface area contributed by atoms with E-state index in [0.29, 0.717) is 18.9 Å². The lowest BCUT2D eigenvalue weighted by Crippen LogP contribution is -2.46. The molecule has 6 heteroatoms. The molecule has 6 nitrogen and oxygen atoms in total. The number of hydrogen-bond donors (Lipinski definition) is 1. The summed E-state index contributed by atoms with van der Waals surface area (Å²) in [4.78, 5) is 28.2. The van der Waals surface area contributed by atoms with Gasteiger partial charge in [-0.2, -0.15) is 0 Å². The summed E-state index contributed by atoms with van der Waals surface area (Å²) in [5.74, 6) is 0.113. The topological polar surface area (TPSA) is 61.9 Å². The molecule has 3 saturated heterocycles. The average molecular weight is 295 g/mol. The number of carbonyl (C=O) groups excluding carboxylic acids is 2. The van der Waals surface area contributed by atoms with E-state index in [1.165, 1.54) is 0 Å². The van der Waals surface area contributed by atoms with E-state index < -0.39 is 0 Å². The van der Waals surface area contributed by atoms with Gasteiger partial charge in [-0.3, -0.25) is 14.5 Å². The molecular formula is C15H25N3O3. The summed E-state index contributed by atoms with van der Waals surface area (Å²) in [5.41, 5.74) is 0. The lowest BCUT2D eigenvalue weighted by Gasteiger charge is -2.33. The molecule has 118 valence electrons. The second-order valence-electron chi connectivity index (χ2n) is 6.22. The maximum atomic E-state index is 12.5. The van der Waals surface area contributed by atoms with E-state index in [4.69, 9.17) is 4.74 Å². The highest BCUT2D eigenvalue weighted by molar-refractivity contribution is 5.90.